The summed E-state index contributed by atoms with van der Waals surface area (Å²) in [6.07, 6.45) is 2.02. The summed E-state index contributed by atoms with van der Waals surface area (Å²) in [5, 5.41) is 4.28. The molecule has 2 N–H and O–H groups in total. The van der Waals surface area contributed by atoms with Crippen LogP contribution in [0.1, 0.15) is 24.2 Å². The first kappa shape index (κ1) is 11.0. The highest BCUT2D eigenvalue weighted by atomic mass is 16.5. The van der Waals surface area contributed by atoms with Crippen LogP contribution in [0, 0.1) is 13.8 Å². The van der Waals surface area contributed by atoms with E-state index in [1.807, 2.05) is 25.6 Å². The fourth-order valence-electron chi connectivity index (χ4n) is 1.38. The summed E-state index contributed by atoms with van der Waals surface area (Å²) in [4.78, 5) is 0. The summed E-state index contributed by atoms with van der Waals surface area (Å²) in [5.74, 6) is 0.921. The van der Waals surface area contributed by atoms with E-state index >= 15 is 0 Å². The van der Waals surface area contributed by atoms with Gasteiger partial charge in [0, 0.05) is 7.05 Å². The fourth-order valence-corrected chi connectivity index (χ4v) is 1.38. The number of aromatic nitrogens is 2. The van der Waals surface area contributed by atoms with Crippen LogP contribution >= 0.6 is 0 Å². The largest absolute Gasteiger partial charge is 0.490 e. The summed E-state index contributed by atoms with van der Waals surface area (Å²) in [6.45, 7) is 5.43. The molecule has 1 heterocycles. The molecule has 80 valence electrons. The van der Waals surface area contributed by atoms with Crippen LogP contribution in [0.3, 0.4) is 0 Å². The zero-order chi connectivity index (χ0) is 10.6. The van der Waals surface area contributed by atoms with Gasteiger partial charge in [-0.25, -0.2) is 0 Å². The Morgan fingerprint density at radius 3 is 2.57 bits per heavy atom. The van der Waals surface area contributed by atoms with E-state index in [1.165, 1.54) is 0 Å². The van der Waals surface area contributed by atoms with Gasteiger partial charge in [-0.15, -0.1) is 0 Å². The number of hydrogen-bond acceptors (Lipinski definition) is 3. The van der Waals surface area contributed by atoms with Crippen LogP contribution in [0.5, 0.6) is 5.75 Å². The van der Waals surface area contributed by atoms with Gasteiger partial charge >= 0.3 is 0 Å². The van der Waals surface area contributed by atoms with E-state index in [0.29, 0.717) is 0 Å². The molecule has 4 nitrogen and oxygen atoms in total. The third-order valence-electron chi connectivity index (χ3n) is 2.29. The van der Waals surface area contributed by atoms with Gasteiger partial charge in [-0.2, -0.15) is 5.10 Å². The number of nitrogens with two attached hydrogens (primary N) is 1. The topological polar surface area (TPSA) is 53.1 Å². The molecule has 0 aliphatic rings. The lowest BCUT2D eigenvalue weighted by atomic mass is 10.3. The van der Waals surface area contributed by atoms with Gasteiger partial charge in [0.1, 0.15) is 5.69 Å². The lowest BCUT2D eigenvalue weighted by Crippen LogP contribution is -2.04. The monoisotopic (exact) mass is 197 g/mol. The Labute approximate surface area is 85.0 Å². The molecule has 0 spiro atoms. The van der Waals surface area contributed by atoms with Gasteiger partial charge in [0.25, 0.3) is 0 Å². The van der Waals surface area contributed by atoms with Crippen LogP contribution in [-0.4, -0.2) is 22.9 Å². The van der Waals surface area contributed by atoms with E-state index in [4.69, 9.17) is 10.5 Å². The maximum atomic E-state index is 5.65. The number of ether oxygens (including phenoxy) is 1. The quantitative estimate of drug-likeness (QED) is 0.720. The van der Waals surface area contributed by atoms with Gasteiger partial charge in [0.05, 0.1) is 12.3 Å². The molecule has 0 bridgehead atoms. The molecular weight excluding hydrogens is 178 g/mol. The molecule has 0 saturated carbocycles. The van der Waals surface area contributed by atoms with E-state index < -0.39 is 0 Å². The Bertz CT molecular complexity index is 294. The minimum absolute atomic E-state index is 0.727. The van der Waals surface area contributed by atoms with E-state index in [0.717, 1.165) is 43.1 Å². The normalized spacial score (nSPS) is 10.6. The molecule has 4 heteroatoms. The maximum absolute atomic E-state index is 5.65. The standard InChI is InChI=1S/C10H19N3O/c1-8-10(9(2)13(3)12-8)14-7-5-4-6-11/h4-7,11H2,1-3H3. The average molecular weight is 197 g/mol. The SMILES string of the molecule is Cc1nn(C)c(C)c1OCCCCN. The van der Waals surface area contributed by atoms with Crippen LogP contribution in [0.25, 0.3) is 0 Å². The summed E-state index contributed by atoms with van der Waals surface area (Å²) in [6, 6.07) is 0. The van der Waals surface area contributed by atoms with E-state index in [-0.39, 0.29) is 0 Å². The van der Waals surface area contributed by atoms with Gasteiger partial charge in [-0.1, -0.05) is 0 Å². The summed E-state index contributed by atoms with van der Waals surface area (Å²) in [5.41, 5.74) is 7.44. The van der Waals surface area contributed by atoms with Crippen LogP contribution < -0.4 is 10.5 Å². The number of aryl methyl sites for hydroxylation is 2. The first-order valence-electron chi connectivity index (χ1n) is 5.00. The second-order valence-corrected chi connectivity index (χ2v) is 3.47. The molecule has 0 unspecified atom stereocenters. The zero-order valence-electron chi connectivity index (χ0n) is 9.21. The third kappa shape index (κ3) is 2.48. The maximum Gasteiger partial charge on any atom is 0.162 e. The highest BCUT2D eigenvalue weighted by Crippen LogP contribution is 2.21. The Kier molecular flexibility index (Phi) is 3.95. The Balaban J connectivity index is 2.49. The predicted octanol–water partition coefficient (Wildman–Crippen LogP) is 1.15. The van der Waals surface area contributed by atoms with Gasteiger partial charge in [0.2, 0.25) is 0 Å². The van der Waals surface area contributed by atoms with Crippen LogP contribution in [-0.2, 0) is 7.05 Å². The minimum Gasteiger partial charge on any atom is -0.490 e. The van der Waals surface area contributed by atoms with Crippen molar-refractivity contribution < 1.29 is 4.74 Å². The lowest BCUT2D eigenvalue weighted by Gasteiger charge is -2.05. The van der Waals surface area contributed by atoms with Crippen molar-refractivity contribution in [3.8, 4) is 5.75 Å². The molecule has 1 aromatic rings. The van der Waals surface area contributed by atoms with Gasteiger partial charge in [-0.05, 0) is 33.2 Å². The smallest absolute Gasteiger partial charge is 0.162 e. The third-order valence-corrected chi connectivity index (χ3v) is 2.29. The first-order valence-corrected chi connectivity index (χ1v) is 5.00. The minimum atomic E-state index is 0.727. The Hall–Kier alpha value is -1.03. The number of unbranched alkanes of at least 4 members (excludes halogenated alkanes) is 1. The molecule has 0 atom stereocenters. The highest BCUT2D eigenvalue weighted by molar-refractivity contribution is 5.31. The molecule has 1 aromatic heterocycles. The van der Waals surface area contributed by atoms with E-state index in [9.17, 15) is 0 Å². The van der Waals surface area contributed by atoms with E-state index in [1.54, 1.807) is 0 Å². The summed E-state index contributed by atoms with van der Waals surface area (Å²) >= 11 is 0. The molecule has 0 saturated heterocycles. The molecule has 0 aliphatic carbocycles. The molecule has 0 radical (unpaired) electrons. The molecule has 0 aromatic carbocycles. The molecule has 1 rings (SSSR count). The number of nitrogens with zero attached hydrogens (tertiary/aromatic N) is 2. The Morgan fingerprint density at radius 2 is 2.07 bits per heavy atom. The molecule has 14 heavy (non-hydrogen) atoms. The molecule has 0 aliphatic heterocycles. The number of rotatable bonds is 5. The van der Waals surface area contributed by atoms with Gasteiger partial charge < -0.3 is 10.5 Å². The van der Waals surface area contributed by atoms with Crippen LogP contribution in [0.2, 0.25) is 0 Å². The number of hydrogen-bond donors (Lipinski definition) is 1. The fraction of sp³-hybridized carbons (Fsp3) is 0.700. The van der Waals surface area contributed by atoms with Gasteiger partial charge in [-0.3, -0.25) is 4.68 Å². The van der Waals surface area contributed by atoms with Crippen LogP contribution in [0.4, 0.5) is 0 Å². The van der Waals surface area contributed by atoms with Crippen molar-refractivity contribution in [2.75, 3.05) is 13.2 Å². The molecule has 0 amide bonds. The van der Waals surface area contributed by atoms with Crippen molar-refractivity contribution in [2.24, 2.45) is 12.8 Å². The molecular formula is C10H19N3O. The van der Waals surface area contributed by atoms with Crippen molar-refractivity contribution >= 4 is 0 Å². The second kappa shape index (κ2) is 5.00. The molecule has 0 fully saturated rings. The van der Waals surface area contributed by atoms with Crippen molar-refractivity contribution in [1.29, 1.82) is 0 Å². The van der Waals surface area contributed by atoms with Crippen LogP contribution in [0.15, 0.2) is 0 Å². The lowest BCUT2D eigenvalue weighted by molar-refractivity contribution is 0.303. The first-order chi connectivity index (χ1) is 6.66. The van der Waals surface area contributed by atoms with Crippen molar-refractivity contribution in [2.45, 2.75) is 26.7 Å². The van der Waals surface area contributed by atoms with Crippen molar-refractivity contribution in [3.63, 3.8) is 0 Å². The second-order valence-electron chi connectivity index (χ2n) is 3.47. The van der Waals surface area contributed by atoms with Crippen molar-refractivity contribution in [1.82, 2.24) is 9.78 Å². The predicted molar refractivity (Wildman–Crippen MR) is 56.5 cm³/mol. The van der Waals surface area contributed by atoms with Gasteiger partial charge in [0.15, 0.2) is 5.75 Å². The van der Waals surface area contributed by atoms with Crippen molar-refractivity contribution in [3.05, 3.63) is 11.4 Å². The zero-order valence-corrected chi connectivity index (χ0v) is 9.21. The Morgan fingerprint density at radius 1 is 1.36 bits per heavy atom. The summed E-state index contributed by atoms with van der Waals surface area (Å²) < 4.78 is 7.49. The summed E-state index contributed by atoms with van der Waals surface area (Å²) in [7, 11) is 1.93. The average Bonchev–Trinajstić information content (AvgIpc) is 2.38. The highest BCUT2D eigenvalue weighted by Gasteiger charge is 2.09. The van der Waals surface area contributed by atoms with E-state index in [2.05, 4.69) is 5.10 Å².